The smallest absolute Gasteiger partial charge is 0.191 e. The fourth-order valence-corrected chi connectivity index (χ4v) is 3.65. The molecule has 0 unspecified atom stereocenters. The SMILES string of the molecule is CCn1c(SCCOc2ccccc2F)nnc1-c1cccs1. The van der Waals surface area contributed by atoms with Gasteiger partial charge in [-0.1, -0.05) is 30.0 Å². The van der Waals surface area contributed by atoms with Crippen LogP contribution in [0.1, 0.15) is 6.92 Å². The van der Waals surface area contributed by atoms with Gasteiger partial charge in [-0.25, -0.2) is 4.39 Å². The third kappa shape index (κ3) is 3.73. The van der Waals surface area contributed by atoms with Crippen LogP contribution < -0.4 is 4.74 Å². The normalized spacial score (nSPS) is 10.9. The molecule has 0 aliphatic carbocycles. The zero-order chi connectivity index (χ0) is 16.1. The summed E-state index contributed by atoms with van der Waals surface area (Å²) in [5.74, 6) is 1.51. The van der Waals surface area contributed by atoms with Gasteiger partial charge in [0.1, 0.15) is 0 Å². The predicted octanol–water partition coefficient (Wildman–Crippen LogP) is 4.34. The lowest BCUT2D eigenvalue weighted by Crippen LogP contribution is -2.04. The average molecular weight is 349 g/mol. The zero-order valence-electron chi connectivity index (χ0n) is 12.6. The first-order chi connectivity index (χ1) is 11.3. The lowest BCUT2D eigenvalue weighted by Gasteiger charge is -2.08. The van der Waals surface area contributed by atoms with E-state index < -0.39 is 0 Å². The van der Waals surface area contributed by atoms with Crippen LogP contribution in [0.2, 0.25) is 0 Å². The molecule has 3 rings (SSSR count). The Balaban J connectivity index is 1.60. The minimum Gasteiger partial charge on any atom is -0.490 e. The minimum atomic E-state index is -0.339. The largest absolute Gasteiger partial charge is 0.490 e. The van der Waals surface area contributed by atoms with E-state index in [9.17, 15) is 4.39 Å². The van der Waals surface area contributed by atoms with Crippen LogP contribution in [0.15, 0.2) is 46.9 Å². The molecule has 3 aromatic rings. The maximum absolute atomic E-state index is 13.5. The quantitative estimate of drug-likeness (QED) is 0.470. The Bertz CT molecular complexity index is 759. The van der Waals surface area contributed by atoms with Crippen molar-refractivity contribution in [3.05, 3.63) is 47.6 Å². The number of rotatable bonds is 7. The Hall–Kier alpha value is -1.86. The number of para-hydroxylation sites is 1. The van der Waals surface area contributed by atoms with Gasteiger partial charge in [-0.15, -0.1) is 21.5 Å². The van der Waals surface area contributed by atoms with Crippen molar-refractivity contribution in [1.82, 2.24) is 14.8 Å². The van der Waals surface area contributed by atoms with E-state index in [1.807, 2.05) is 17.5 Å². The molecule has 0 saturated carbocycles. The van der Waals surface area contributed by atoms with Crippen LogP contribution in [0, 0.1) is 5.82 Å². The van der Waals surface area contributed by atoms with Crippen LogP contribution in [0.4, 0.5) is 4.39 Å². The molecule has 0 fully saturated rings. The van der Waals surface area contributed by atoms with Crippen molar-refractivity contribution in [2.45, 2.75) is 18.6 Å². The molecule has 2 heterocycles. The first kappa shape index (κ1) is 16.0. The molecule has 0 radical (unpaired) electrons. The summed E-state index contributed by atoms with van der Waals surface area (Å²) in [5.41, 5.74) is 0. The van der Waals surface area contributed by atoms with E-state index in [0.717, 1.165) is 22.4 Å². The molecule has 0 spiro atoms. The summed E-state index contributed by atoms with van der Waals surface area (Å²) in [6.45, 7) is 3.29. The molecule has 0 N–H and O–H groups in total. The highest BCUT2D eigenvalue weighted by Crippen LogP contribution is 2.27. The topological polar surface area (TPSA) is 39.9 Å². The summed E-state index contributed by atoms with van der Waals surface area (Å²) in [5, 5.41) is 11.4. The molecule has 23 heavy (non-hydrogen) atoms. The van der Waals surface area contributed by atoms with Crippen molar-refractivity contribution in [3.8, 4) is 16.5 Å². The number of ether oxygens (including phenoxy) is 1. The van der Waals surface area contributed by atoms with E-state index >= 15 is 0 Å². The molecule has 0 bridgehead atoms. The van der Waals surface area contributed by atoms with Gasteiger partial charge in [0.15, 0.2) is 22.5 Å². The van der Waals surface area contributed by atoms with Crippen molar-refractivity contribution in [3.63, 3.8) is 0 Å². The van der Waals surface area contributed by atoms with Crippen molar-refractivity contribution in [2.24, 2.45) is 0 Å². The molecule has 0 aliphatic rings. The number of hydrogen-bond donors (Lipinski definition) is 0. The summed E-state index contributed by atoms with van der Waals surface area (Å²) >= 11 is 3.21. The molecule has 1 aromatic carbocycles. The number of thiophene rings is 1. The highest BCUT2D eigenvalue weighted by molar-refractivity contribution is 7.99. The first-order valence-corrected chi connectivity index (χ1v) is 9.13. The second-order valence-electron chi connectivity index (χ2n) is 4.66. The summed E-state index contributed by atoms with van der Waals surface area (Å²) in [6.07, 6.45) is 0. The van der Waals surface area contributed by atoms with E-state index in [0.29, 0.717) is 12.4 Å². The van der Waals surface area contributed by atoms with Crippen molar-refractivity contribution in [2.75, 3.05) is 12.4 Å². The zero-order valence-corrected chi connectivity index (χ0v) is 14.2. The molecule has 0 amide bonds. The van der Waals surface area contributed by atoms with E-state index in [4.69, 9.17) is 4.74 Å². The standard InChI is InChI=1S/C16H16FN3OS2/c1-2-20-15(14-8-5-10-22-14)18-19-16(20)23-11-9-21-13-7-4-3-6-12(13)17/h3-8,10H,2,9,11H2,1H3. The van der Waals surface area contributed by atoms with Gasteiger partial charge in [0.2, 0.25) is 0 Å². The second kappa shape index (κ2) is 7.61. The molecule has 7 heteroatoms. The van der Waals surface area contributed by atoms with E-state index in [2.05, 4.69) is 21.7 Å². The van der Waals surface area contributed by atoms with Gasteiger partial charge < -0.3 is 9.30 Å². The molecule has 0 atom stereocenters. The highest BCUT2D eigenvalue weighted by atomic mass is 32.2. The molecule has 0 saturated heterocycles. The molecule has 2 aromatic heterocycles. The number of aromatic nitrogens is 3. The van der Waals surface area contributed by atoms with Gasteiger partial charge in [0.25, 0.3) is 0 Å². The number of halogens is 1. The Morgan fingerprint density at radius 3 is 2.83 bits per heavy atom. The van der Waals surface area contributed by atoms with Crippen LogP contribution in [0.3, 0.4) is 0 Å². The van der Waals surface area contributed by atoms with Crippen LogP contribution in [0.25, 0.3) is 10.7 Å². The lowest BCUT2D eigenvalue weighted by molar-refractivity contribution is 0.325. The van der Waals surface area contributed by atoms with Crippen molar-refractivity contribution >= 4 is 23.1 Å². The van der Waals surface area contributed by atoms with Crippen LogP contribution in [-0.4, -0.2) is 27.1 Å². The van der Waals surface area contributed by atoms with Crippen LogP contribution in [-0.2, 0) is 6.54 Å². The van der Waals surface area contributed by atoms with Crippen molar-refractivity contribution in [1.29, 1.82) is 0 Å². The van der Waals surface area contributed by atoms with E-state index in [1.165, 1.54) is 6.07 Å². The maximum atomic E-state index is 13.5. The van der Waals surface area contributed by atoms with E-state index in [1.54, 1.807) is 41.3 Å². The van der Waals surface area contributed by atoms with Gasteiger partial charge in [-0.05, 0) is 30.5 Å². The van der Waals surface area contributed by atoms with Crippen LogP contribution >= 0.6 is 23.1 Å². The highest BCUT2D eigenvalue weighted by Gasteiger charge is 2.13. The minimum absolute atomic E-state index is 0.282. The number of hydrogen-bond acceptors (Lipinski definition) is 5. The summed E-state index contributed by atoms with van der Waals surface area (Å²) in [6, 6.07) is 10.5. The van der Waals surface area contributed by atoms with Crippen LogP contribution in [0.5, 0.6) is 5.75 Å². The summed E-state index contributed by atoms with van der Waals surface area (Å²) in [7, 11) is 0. The van der Waals surface area contributed by atoms with E-state index in [-0.39, 0.29) is 11.6 Å². The predicted molar refractivity (Wildman–Crippen MR) is 91.6 cm³/mol. The summed E-state index contributed by atoms with van der Waals surface area (Å²) in [4.78, 5) is 1.11. The Morgan fingerprint density at radius 2 is 2.09 bits per heavy atom. The number of thioether (sulfide) groups is 1. The summed E-state index contributed by atoms with van der Waals surface area (Å²) < 4.78 is 21.0. The fraction of sp³-hybridized carbons (Fsp3) is 0.250. The van der Waals surface area contributed by atoms with Gasteiger partial charge in [-0.3, -0.25) is 0 Å². The van der Waals surface area contributed by atoms with Crippen molar-refractivity contribution < 1.29 is 9.13 Å². The average Bonchev–Trinajstić information content (AvgIpc) is 3.22. The molecular formula is C16H16FN3OS2. The fourth-order valence-electron chi connectivity index (χ4n) is 2.11. The van der Waals surface area contributed by atoms with Gasteiger partial charge in [-0.2, -0.15) is 0 Å². The molecular weight excluding hydrogens is 333 g/mol. The lowest BCUT2D eigenvalue weighted by atomic mass is 10.3. The third-order valence-corrected chi connectivity index (χ3v) is 4.98. The van der Waals surface area contributed by atoms with Gasteiger partial charge in [0.05, 0.1) is 11.5 Å². The molecule has 4 nitrogen and oxygen atoms in total. The molecule has 120 valence electrons. The van der Waals surface area contributed by atoms with Gasteiger partial charge >= 0.3 is 0 Å². The third-order valence-electron chi connectivity index (χ3n) is 3.18. The Labute approximate surface area is 142 Å². The van der Waals surface area contributed by atoms with Gasteiger partial charge in [0, 0.05) is 12.3 Å². The monoisotopic (exact) mass is 349 g/mol. The number of nitrogens with zero attached hydrogens (tertiary/aromatic N) is 3. The Morgan fingerprint density at radius 1 is 1.22 bits per heavy atom. The second-order valence-corrected chi connectivity index (χ2v) is 6.66. The molecule has 0 aliphatic heterocycles. The Kier molecular flexibility index (Phi) is 5.30. The first-order valence-electron chi connectivity index (χ1n) is 7.26. The maximum Gasteiger partial charge on any atom is 0.191 e. The number of benzene rings is 1.